The second-order valence-corrected chi connectivity index (χ2v) is 10.5. The van der Waals surface area contributed by atoms with Crippen LogP contribution in [0.25, 0.3) is 16.9 Å². The largest absolute Gasteiger partial charge is 2.00 e. The maximum Gasteiger partial charge on any atom is 2.00 e. The fraction of sp³-hybridized carbons (Fsp3) is 0.526. The third kappa shape index (κ3) is 12.1. The number of hydrogen-bond donors (Lipinski definition) is 0. The van der Waals surface area contributed by atoms with Crippen molar-refractivity contribution in [3.05, 3.63) is 101 Å². The van der Waals surface area contributed by atoms with E-state index in [1.807, 2.05) is 0 Å². The van der Waals surface area contributed by atoms with Crippen LogP contribution in [-0.2, 0) is 33.3 Å². The van der Waals surface area contributed by atoms with Crippen molar-refractivity contribution in [2.75, 3.05) is 0 Å². The van der Waals surface area contributed by atoms with Crippen molar-refractivity contribution in [3.8, 4) is 0 Å². The van der Waals surface area contributed by atoms with Gasteiger partial charge >= 0.3 is 20.4 Å². The Hall–Kier alpha value is -1.82. The minimum Gasteiger partial charge on any atom is -0.493 e. The first kappa shape index (κ1) is 39.2. The predicted octanol–water partition coefficient (Wildman–Crippen LogP) is 12.4. The van der Waals surface area contributed by atoms with Crippen molar-refractivity contribution in [3.63, 3.8) is 0 Å². The quantitative estimate of drug-likeness (QED) is 0.0749. The van der Waals surface area contributed by atoms with Gasteiger partial charge in [-0.25, -0.2) is 4.70 Å². The summed E-state index contributed by atoms with van der Waals surface area (Å²) in [6.45, 7) is 19.0. The predicted molar refractivity (Wildman–Crippen MR) is 178 cm³/mol. The van der Waals surface area contributed by atoms with E-state index in [1.54, 1.807) is 13.8 Å². The SMILES string of the molecule is CCCCCC1=C(c2ccc(CCCC)cc2)[N+](=[N-])C(c2ccc(CCCC)cc2)=C1CCCCC.[CH2-]C.[CH2-]C.[Pd+2]. The van der Waals surface area contributed by atoms with Gasteiger partial charge in [0.1, 0.15) is 0 Å². The molecule has 0 bridgehead atoms. The van der Waals surface area contributed by atoms with Gasteiger partial charge in [-0.3, -0.25) is 0 Å². The van der Waals surface area contributed by atoms with E-state index < -0.39 is 0 Å². The molecule has 0 fully saturated rings. The first-order valence-electron chi connectivity index (χ1n) is 16.2. The molecule has 2 nitrogen and oxygen atoms in total. The van der Waals surface area contributed by atoms with Crippen LogP contribution < -0.4 is 0 Å². The topological polar surface area (TPSA) is 25.3 Å². The van der Waals surface area contributed by atoms with Gasteiger partial charge in [-0.05, 0) is 86.8 Å². The fourth-order valence-corrected chi connectivity index (χ4v) is 5.31. The molecule has 0 saturated heterocycles. The Balaban J connectivity index is 0.00000306. The van der Waals surface area contributed by atoms with Gasteiger partial charge in [-0.2, -0.15) is 13.8 Å². The van der Waals surface area contributed by atoms with Gasteiger partial charge in [0.05, 0.1) is 0 Å². The van der Waals surface area contributed by atoms with E-state index in [-0.39, 0.29) is 20.4 Å². The molecule has 0 unspecified atom stereocenters. The van der Waals surface area contributed by atoms with Gasteiger partial charge in [0.15, 0.2) is 0 Å². The first-order valence-corrected chi connectivity index (χ1v) is 16.2. The zero-order valence-corrected chi connectivity index (χ0v) is 28.7. The van der Waals surface area contributed by atoms with Gasteiger partial charge in [-0.1, -0.05) is 90.5 Å². The third-order valence-electron chi connectivity index (χ3n) is 7.51. The van der Waals surface area contributed by atoms with E-state index in [1.165, 1.54) is 78.3 Å². The van der Waals surface area contributed by atoms with E-state index in [0.29, 0.717) is 0 Å². The van der Waals surface area contributed by atoms with Crippen LogP contribution in [-0.4, -0.2) is 4.70 Å². The maximum absolute atomic E-state index is 11.7. The van der Waals surface area contributed by atoms with E-state index >= 15 is 0 Å². The Morgan fingerprint density at radius 3 is 1.10 bits per heavy atom. The molecule has 41 heavy (non-hydrogen) atoms. The average Bonchev–Trinajstić information content (AvgIpc) is 3.28. The smallest absolute Gasteiger partial charge is 0.493 e. The molecule has 1 heterocycles. The van der Waals surface area contributed by atoms with Crippen molar-refractivity contribution in [1.29, 1.82) is 0 Å². The van der Waals surface area contributed by atoms with Gasteiger partial charge in [0, 0.05) is 22.3 Å². The summed E-state index contributed by atoms with van der Waals surface area (Å²) in [6.07, 6.45) is 16.4. The Bertz CT molecular complexity index is 945. The minimum atomic E-state index is 0. The second-order valence-electron chi connectivity index (χ2n) is 10.5. The van der Waals surface area contributed by atoms with E-state index in [0.717, 1.165) is 61.0 Å². The number of hydrogen-bond acceptors (Lipinski definition) is 0. The molecule has 0 radical (unpaired) electrons. The molecule has 2 aromatic rings. The molecule has 0 atom stereocenters. The molecule has 1 aliphatic rings. The van der Waals surface area contributed by atoms with Crippen molar-refractivity contribution in [1.82, 2.24) is 0 Å². The van der Waals surface area contributed by atoms with Crippen LogP contribution >= 0.6 is 0 Å². The molecular weight excluding hydrogens is 591 g/mol. The molecular formula is C38H58N2Pd. The van der Waals surface area contributed by atoms with Crippen LogP contribution in [0, 0.1) is 13.8 Å². The van der Waals surface area contributed by atoms with Gasteiger partial charge < -0.3 is 19.4 Å². The van der Waals surface area contributed by atoms with Gasteiger partial charge in [0.25, 0.3) is 0 Å². The van der Waals surface area contributed by atoms with Gasteiger partial charge in [0.2, 0.25) is 11.4 Å². The summed E-state index contributed by atoms with van der Waals surface area (Å²) in [7, 11) is 0. The normalized spacial score (nSPS) is 12.4. The van der Waals surface area contributed by atoms with E-state index in [4.69, 9.17) is 0 Å². The Labute approximate surface area is 268 Å². The van der Waals surface area contributed by atoms with Crippen molar-refractivity contribution >= 4 is 11.4 Å². The monoisotopic (exact) mass is 648 g/mol. The summed E-state index contributed by atoms with van der Waals surface area (Å²) in [5.41, 5.74) is 21.5. The minimum absolute atomic E-state index is 0. The molecule has 0 aliphatic carbocycles. The molecule has 230 valence electrons. The molecule has 0 saturated carbocycles. The van der Waals surface area contributed by atoms with E-state index in [9.17, 15) is 5.53 Å². The molecule has 0 N–H and O–H groups in total. The summed E-state index contributed by atoms with van der Waals surface area (Å²) < 4.78 is 1.53. The number of aryl methyl sites for hydroxylation is 2. The number of rotatable bonds is 16. The van der Waals surface area contributed by atoms with Crippen molar-refractivity contribution in [2.24, 2.45) is 0 Å². The van der Waals surface area contributed by atoms with Crippen molar-refractivity contribution in [2.45, 2.75) is 131 Å². The second kappa shape index (κ2) is 23.7. The third-order valence-corrected chi connectivity index (χ3v) is 7.51. The Morgan fingerprint density at radius 2 is 0.805 bits per heavy atom. The molecule has 2 aromatic carbocycles. The average molecular weight is 649 g/mol. The van der Waals surface area contributed by atoms with Crippen LogP contribution in [0.15, 0.2) is 59.7 Å². The molecule has 3 rings (SSSR count). The standard InChI is InChI=1S/C34H48N2.2C2H5.Pd/c1-5-9-13-17-31-32(18-14-10-6-2)34(30-25-21-28(22-26-30)16-12-8-4)36(35)33(31)29-23-19-27(20-24-29)15-11-7-3;2*1-2;/h19-26H,5-18H2,1-4H3;2*1H2,2H3;/q;2*-1;+2. The van der Waals surface area contributed by atoms with Crippen LogP contribution in [0.1, 0.15) is 141 Å². The first-order chi connectivity index (χ1) is 19.6. The maximum atomic E-state index is 11.7. The Kier molecular flexibility index (Phi) is 22.7. The molecule has 1 aliphatic heterocycles. The van der Waals surface area contributed by atoms with Crippen LogP contribution in [0.4, 0.5) is 0 Å². The number of unbranched alkanes of at least 4 members (excludes halogenated alkanes) is 6. The molecule has 0 amide bonds. The summed E-state index contributed by atoms with van der Waals surface area (Å²) in [4.78, 5) is 0. The zero-order valence-electron chi connectivity index (χ0n) is 27.1. The molecule has 0 spiro atoms. The summed E-state index contributed by atoms with van der Waals surface area (Å²) in [5, 5.41) is 0. The van der Waals surface area contributed by atoms with Crippen LogP contribution in [0.5, 0.6) is 0 Å². The van der Waals surface area contributed by atoms with E-state index in [2.05, 4.69) is 90.1 Å². The van der Waals surface area contributed by atoms with Crippen molar-refractivity contribution < 1.29 is 25.1 Å². The zero-order chi connectivity index (χ0) is 29.8. The van der Waals surface area contributed by atoms with Crippen LogP contribution in [0.3, 0.4) is 0 Å². The van der Waals surface area contributed by atoms with Gasteiger partial charge in [-0.15, -0.1) is 0 Å². The summed E-state index contributed by atoms with van der Waals surface area (Å²) in [5.74, 6) is 0. The number of allylic oxidation sites excluding steroid dienone is 2. The molecule has 3 heteroatoms. The summed E-state index contributed by atoms with van der Waals surface area (Å²) in [6, 6.07) is 17.9. The number of benzene rings is 2. The molecule has 0 aromatic heterocycles. The van der Waals surface area contributed by atoms with Crippen LogP contribution in [0.2, 0.25) is 0 Å². The summed E-state index contributed by atoms with van der Waals surface area (Å²) >= 11 is 0. The number of nitrogens with zero attached hydrogens (tertiary/aromatic N) is 2. The Morgan fingerprint density at radius 1 is 0.488 bits per heavy atom. The fourth-order valence-electron chi connectivity index (χ4n) is 5.31.